The summed E-state index contributed by atoms with van der Waals surface area (Å²) in [6, 6.07) is 10.4. The zero-order valence-corrected chi connectivity index (χ0v) is 14.7. The maximum absolute atomic E-state index is 12.6. The summed E-state index contributed by atoms with van der Waals surface area (Å²) in [5, 5.41) is 1.86. The fourth-order valence-corrected chi connectivity index (χ4v) is 5.94. The summed E-state index contributed by atoms with van der Waals surface area (Å²) in [7, 11) is -3.25. The van der Waals surface area contributed by atoms with E-state index in [4.69, 9.17) is 11.6 Å². The first-order valence-corrected chi connectivity index (χ1v) is 10.2. The van der Waals surface area contributed by atoms with Crippen LogP contribution in [0.2, 0.25) is 5.02 Å². The topological polar surface area (TPSA) is 54.5 Å². The van der Waals surface area contributed by atoms with Gasteiger partial charge in [0, 0.05) is 28.6 Å². The molecule has 4 nitrogen and oxygen atoms in total. The zero-order valence-electron chi connectivity index (χ0n) is 12.3. The van der Waals surface area contributed by atoms with Crippen molar-refractivity contribution in [1.82, 2.24) is 4.90 Å². The maximum atomic E-state index is 12.6. The summed E-state index contributed by atoms with van der Waals surface area (Å²) in [5.74, 6) is -0.184. The lowest BCUT2D eigenvalue weighted by molar-refractivity contribution is 0.0766. The fraction of sp³-hybridized carbons (Fsp3) is 0.312. The minimum atomic E-state index is -3.25. The second-order valence-corrected chi connectivity index (χ2v) is 9.18. The van der Waals surface area contributed by atoms with E-state index in [0.29, 0.717) is 23.6 Å². The second kappa shape index (κ2) is 6.63. The van der Waals surface area contributed by atoms with Gasteiger partial charge in [-0.15, -0.1) is 11.3 Å². The van der Waals surface area contributed by atoms with Gasteiger partial charge < -0.3 is 4.90 Å². The number of benzene rings is 1. The van der Waals surface area contributed by atoms with Crippen molar-refractivity contribution in [2.24, 2.45) is 0 Å². The molecule has 1 fully saturated rings. The van der Waals surface area contributed by atoms with Gasteiger partial charge in [0.1, 0.15) is 0 Å². The van der Waals surface area contributed by atoms with Crippen molar-refractivity contribution in [3.05, 3.63) is 57.2 Å². The molecule has 3 rings (SSSR count). The van der Waals surface area contributed by atoms with Crippen LogP contribution in [-0.2, 0) is 9.84 Å². The molecule has 1 aromatic carbocycles. The van der Waals surface area contributed by atoms with Crippen molar-refractivity contribution in [2.75, 3.05) is 18.8 Å². The Balaban J connectivity index is 1.81. The second-order valence-electron chi connectivity index (χ2n) is 5.46. The summed E-state index contributed by atoms with van der Waals surface area (Å²) >= 11 is 7.38. The Kier molecular flexibility index (Phi) is 4.75. The van der Waals surface area contributed by atoms with E-state index in [1.807, 2.05) is 17.5 Å². The molecule has 0 saturated carbocycles. The van der Waals surface area contributed by atoms with Gasteiger partial charge in [0.15, 0.2) is 9.84 Å². The summed E-state index contributed by atoms with van der Waals surface area (Å²) in [6.07, 6.45) is 0.426. The highest BCUT2D eigenvalue weighted by Gasteiger charge is 2.33. The summed E-state index contributed by atoms with van der Waals surface area (Å²) in [4.78, 5) is 15.0. The molecule has 1 atom stereocenters. The molecule has 1 amide bonds. The Morgan fingerprint density at radius 1 is 1.22 bits per heavy atom. The predicted molar refractivity (Wildman–Crippen MR) is 92.8 cm³/mol. The van der Waals surface area contributed by atoms with E-state index >= 15 is 0 Å². The molecule has 1 saturated heterocycles. The number of carbonyl (C=O) groups is 1. The van der Waals surface area contributed by atoms with Crippen LogP contribution >= 0.6 is 22.9 Å². The molecule has 1 aliphatic heterocycles. The largest absolute Gasteiger partial charge is 0.338 e. The van der Waals surface area contributed by atoms with E-state index in [9.17, 15) is 13.2 Å². The molecule has 0 spiro atoms. The van der Waals surface area contributed by atoms with Crippen molar-refractivity contribution in [3.8, 4) is 0 Å². The number of thiophene rings is 1. The van der Waals surface area contributed by atoms with E-state index in [0.717, 1.165) is 4.88 Å². The van der Waals surface area contributed by atoms with E-state index in [1.54, 1.807) is 29.2 Å². The van der Waals surface area contributed by atoms with E-state index < -0.39 is 15.1 Å². The number of carbonyl (C=O) groups excluding carboxylic acids is 1. The first kappa shape index (κ1) is 16.5. The lowest BCUT2D eigenvalue weighted by atomic mass is 10.2. The van der Waals surface area contributed by atoms with Crippen LogP contribution < -0.4 is 0 Å². The minimum Gasteiger partial charge on any atom is -0.338 e. The minimum absolute atomic E-state index is 0.0120. The van der Waals surface area contributed by atoms with Crippen LogP contribution in [-0.4, -0.2) is 38.1 Å². The van der Waals surface area contributed by atoms with Gasteiger partial charge in [0.2, 0.25) is 0 Å². The third kappa shape index (κ3) is 3.59. The number of hydrogen-bond donors (Lipinski definition) is 0. The van der Waals surface area contributed by atoms with Crippen LogP contribution in [0.5, 0.6) is 0 Å². The molecule has 2 aromatic rings. The van der Waals surface area contributed by atoms with Crippen LogP contribution in [0.4, 0.5) is 0 Å². The highest BCUT2D eigenvalue weighted by atomic mass is 35.5. The van der Waals surface area contributed by atoms with Crippen LogP contribution in [0.15, 0.2) is 41.8 Å². The van der Waals surface area contributed by atoms with Gasteiger partial charge in [-0.3, -0.25) is 4.79 Å². The zero-order chi connectivity index (χ0) is 16.4. The van der Waals surface area contributed by atoms with Gasteiger partial charge >= 0.3 is 0 Å². The third-order valence-corrected chi connectivity index (χ3v) is 7.44. The van der Waals surface area contributed by atoms with E-state index in [-0.39, 0.29) is 18.2 Å². The molecular formula is C16H16ClNO3S2. The molecule has 122 valence electrons. The van der Waals surface area contributed by atoms with Crippen LogP contribution in [0, 0.1) is 0 Å². The highest BCUT2D eigenvalue weighted by molar-refractivity contribution is 7.91. The van der Waals surface area contributed by atoms with Crippen molar-refractivity contribution < 1.29 is 13.2 Å². The van der Waals surface area contributed by atoms with Gasteiger partial charge in [0.05, 0.1) is 11.0 Å². The Morgan fingerprint density at radius 3 is 2.74 bits per heavy atom. The molecule has 0 unspecified atom stereocenters. The van der Waals surface area contributed by atoms with Crippen LogP contribution in [0.1, 0.15) is 26.9 Å². The molecule has 2 heterocycles. The van der Waals surface area contributed by atoms with E-state index in [2.05, 4.69) is 0 Å². The quantitative estimate of drug-likeness (QED) is 0.815. The smallest absolute Gasteiger partial charge is 0.253 e. The van der Waals surface area contributed by atoms with Gasteiger partial charge in [-0.05, 0) is 36.1 Å². The molecule has 1 aliphatic rings. The first-order chi connectivity index (χ1) is 11.0. The normalized spacial score (nSPS) is 20.9. The Labute approximate surface area is 144 Å². The molecule has 0 N–H and O–H groups in total. The summed E-state index contributed by atoms with van der Waals surface area (Å²) < 4.78 is 25.0. The van der Waals surface area contributed by atoms with Gasteiger partial charge in [-0.25, -0.2) is 8.42 Å². The van der Waals surface area contributed by atoms with Crippen LogP contribution in [0.25, 0.3) is 0 Å². The molecule has 0 aliphatic carbocycles. The fourth-order valence-electron chi connectivity index (χ4n) is 2.75. The SMILES string of the molecule is O=C(c1cccc(Cl)c1)N1CC[C@@H](c2cccs2)S(=O)(=O)CC1. The molecular weight excluding hydrogens is 354 g/mol. The monoisotopic (exact) mass is 369 g/mol. The summed E-state index contributed by atoms with van der Waals surface area (Å²) in [6.45, 7) is 0.642. The van der Waals surface area contributed by atoms with Crippen molar-refractivity contribution >= 4 is 38.7 Å². The maximum Gasteiger partial charge on any atom is 0.253 e. The number of hydrogen-bond acceptors (Lipinski definition) is 4. The number of amides is 1. The van der Waals surface area contributed by atoms with Gasteiger partial charge in [-0.1, -0.05) is 23.7 Å². The number of sulfone groups is 1. The predicted octanol–water partition coefficient (Wildman–Crippen LogP) is 3.40. The standard InChI is InChI=1S/C16H16ClNO3S2/c17-13-4-1-3-12(11-13)16(19)18-7-6-15(14-5-2-9-22-14)23(20,21)10-8-18/h1-5,9,11,15H,6-8,10H2/t15-/m0/s1. The Morgan fingerprint density at radius 2 is 2.04 bits per heavy atom. The van der Waals surface area contributed by atoms with Gasteiger partial charge in [-0.2, -0.15) is 0 Å². The highest BCUT2D eigenvalue weighted by Crippen LogP contribution is 2.32. The average Bonchev–Trinajstić information content (AvgIpc) is 2.98. The lowest BCUT2D eigenvalue weighted by Crippen LogP contribution is -2.33. The van der Waals surface area contributed by atoms with Crippen molar-refractivity contribution in [2.45, 2.75) is 11.7 Å². The molecule has 23 heavy (non-hydrogen) atoms. The van der Waals surface area contributed by atoms with Crippen LogP contribution in [0.3, 0.4) is 0 Å². The Hall–Kier alpha value is -1.37. The lowest BCUT2D eigenvalue weighted by Gasteiger charge is -2.20. The van der Waals surface area contributed by atoms with Crippen molar-refractivity contribution in [1.29, 1.82) is 0 Å². The molecule has 7 heteroatoms. The molecule has 0 radical (unpaired) electrons. The molecule has 1 aromatic heterocycles. The van der Waals surface area contributed by atoms with Crippen molar-refractivity contribution in [3.63, 3.8) is 0 Å². The first-order valence-electron chi connectivity index (χ1n) is 7.27. The summed E-state index contributed by atoms with van der Waals surface area (Å²) in [5.41, 5.74) is 0.490. The Bertz CT molecular complexity index is 802. The molecule has 0 bridgehead atoms. The van der Waals surface area contributed by atoms with Gasteiger partial charge in [0.25, 0.3) is 5.91 Å². The average molecular weight is 370 g/mol. The number of nitrogens with zero attached hydrogens (tertiary/aromatic N) is 1. The number of rotatable bonds is 2. The van der Waals surface area contributed by atoms with E-state index in [1.165, 1.54) is 11.3 Å². The third-order valence-electron chi connectivity index (χ3n) is 3.96. The number of halogens is 1.